The number of nitrogens with two attached hydrogens (primary N) is 1. The number of nitrogens with zero attached hydrogens (tertiary/aromatic N) is 3. The fraction of sp³-hybridized carbons (Fsp3) is 0.316. The van der Waals surface area contributed by atoms with E-state index < -0.39 is 0 Å². The van der Waals surface area contributed by atoms with Crippen LogP contribution >= 0.6 is 11.3 Å². The van der Waals surface area contributed by atoms with Crippen molar-refractivity contribution in [3.8, 4) is 17.3 Å². The van der Waals surface area contributed by atoms with Gasteiger partial charge in [0.25, 0.3) is 0 Å². The molecular formula is C19H20N4O2S. The Balaban J connectivity index is 1.73. The van der Waals surface area contributed by atoms with Gasteiger partial charge in [-0.05, 0) is 25.9 Å². The number of carbonyl (C=O) groups excluding carboxylic acids is 1. The molecule has 0 unspecified atom stereocenters. The maximum absolute atomic E-state index is 11.2. The summed E-state index contributed by atoms with van der Waals surface area (Å²) in [6.07, 6.45) is 1.36. The van der Waals surface area contributed by atoms with Crippen molar-refractivity contribution >= 4 is 22.8 Å². The van der Waals surface area contributed by atoms with E-state index in [0.717, 1.165) is 11.3 Å². The van der Waals surface area contributed by atoms with Crippen LogP contribution in [0.5, 0.6) is 0 Å². The number of allylic oxidation sites excluding steroid dienone is 1. The second kappa shape index (κ2) is 8.13. The second-order valence-corrected chi connectivity index (χ2v) is 7.15. The van der Waals surface area contributed by atoms with Gasteiger partial charge in [0.05, 0.1) is 12.2 Å². The first-order valence-electron chi connectivity index (χ1n) is 8.43. The van der Waals surface area contributed by atoms with E-state index in [1.54, 1.807) is 0 Å². The summed E-state index contributed by atoms with van der Waals surface area (Å²) in [6, 6.07) is 11.8. The molecule has 2 heterocycles. The monoisotopic (exact) mass is 368 g/mol. The van der Waals surface area contributed by atoms with Gasteiger partial charge in [0, 0.05) is 16.9 Å². The van der Waals surface area contributed by atoms with E-state index >= 15 is 0 Å². The lowest BCUT2D eigenvalue weighted by molar-refractivity contribution is -0.123. The molecule has 2 aromatic rings. The SMILES string of the molecule is N#CC(=C(O)CN1CCC(C(N)=O)CC1)c1nc(-c2ccccc2)cs1. The molecule has 6 nitrogen and oxygen atoms in total. The first-order valence-corrected chi connectivity index (χ1v) is 9.31. The van der Waals surface area contributed by atoms with Crippen molar-refractivity contribution in [3.63, 3.8) is 0 Å². The van der Waals surface area contributed by atoms with Crippen LogP contribution in [0, 0.1) is 17.2 Å². The van der Waals surface area contributed by atoms with Gasteiger partial charge in [0.2, 0.25) is 5.91 Å². The molecule has 1 aliphatic heterocycles. The zero-order valence-corrected chi connectivity index (χ0v) is 15.1. The van der Waals surface area contributed by atoms with E-state index in [4.69, 9.17) is 5.73 Å². The molecule has 134 valence electrons. The summed E-state index contributed by atoms with van der Waals surface area (Å²) >= 11 is 1.34. The maximum atomic E-state index is 11.2. The van der Waals surface area contributed by atoms with Gasteiger partial charge in [0.1, 0.15) is 22.4 Å². The minimum atomic E-state index is -0.265. The quantitative estimate of drug-likeness (QED) is 0.624. The largest absolute Gasteiger partial charge is 0.509 e. The average molecular weight is 368 g/mol. The lowest BCUT2D eigenvalue weighted by atomic mass is 9.96. The summed E-state index contributed by atoms with van der Waals surface area (Å²) < 4.78 is 0. The predicted octanol–water partition coefficient (Wildman–Crippen LogP) is 2.80. The number of carbonyl (C=O) groups is 1. The standard InChI is InChI=1S/C19H20N4O2S/c20-10-15(17(24)11-23-8-6-14(7-9-23)18(21)25)19-22-16(12-26-19)13-4-2-1-3-5-13/h1-5,12,14,24H,6-9,11H2,(H2,21,25). The van der Waals surface area contributed by atoms with Gasteiger partial charge in [-0.25, -0.2) is 4.98 Å². The lowest BCUT2D eigenvalue weighted by Crippen LogP contribution is -2.39. The first-order chi connectivity index (χ1) is 12.6. The number of amides is 1. The van der Waals surface area contributed by atoms with Crippen molar-refractivity contribution in [2.24, 2.45) is 11.7 Å². The molecule has 1 aliphatic rings. The molecule has 1 saturated heterocycles. The molecule has 7 heteroatoms. The number of hydrogen-bond acceptors (Lipinski definition) is 6. The average Bonchev–Trinajstić information content (AvgIpc) is 3.13. The van der Waals surface area contributed by atoms with Gasteiger partial charge in [0.15, 0.2) is 0 Å². The molecule has 1 amide bonds. The predicted molar refractivity (Wildman–Crippen MR) is 101 cm³/mol. The van der Waals surface area contributed by atoms with Crippen LogP contribution in [-0.4, -0.2) is 40.5 Å². The Labute approximate surface area is 156 Å². The van der Waals surface area contributed by atoms with Crippen LogP contribution in [0.25, 0.3) is 16.8 Å². The molecule has 0 bridgehead atoms. The molecule has 1 aromatic carbocycles. The van der Waals surface area contributed by atoms with E-state index in [9.17, 15) is 15.2 Å². The Morgan fingerprint density at radius 3 is 2.65 bits per heavy atom. The van der Waals surface area contributed by atoms with Crippen LogP contribution < -0.4 is 5.73 Å². The number of rotatable bonds is 5. The minimum Gasteiger partial charge on any atom is -0.509 e. The molecule has 0 saturated carbocycles. The van der Waals surface area contributed by atoms with Crippen molar-refractivity contribution < 1.29 is 9.90 Å². The topological polar surface area (TPSA) is 103 Å². The zero-order valence-electron chi connectivity index (χ0n) is 14.3. The Morgan fingerprint density at radius 1 is 1.35 bits per heavy atom. The molecule has 26 heavy (non-hydrogen) atoms. The third-order valence-corrected chi connectivity index (χ3v) is 5.41. The van der Waals surface area contributed by atoms with E-state index in [-0.39, 0.29) is 29.7 Å². The highest BCUT2D eigenvalue weighted by atomic mass is 32.1. The Morgan fingerprint density at radius 2 is 2.04 bits per heavy atom. The number of aromatic nitrogens is 1. The van der Waals surface area contributed by atoms with Crippen molar-refractivity contribution in [2.45, 2.75) is 12.8 Å². The van der Waals surface area contributed by atoms with E-state index in [0.29, 0.717) is 30.9 Å². The van der Waals surface area contributed by atoms with Crippen LogP contribution in [0.15, 0.2) is 41.5 Å². The smallest absolute Gasteiger partial charge is 0.220 e. The van der Waals surface area contributed by atoms with Crippen molar-refractivity contribution in [1.29, 1.82) is 5.26 Å². The van der Waals surface area contributed by atoms with Crippen LogP contribution in [0.1, 0.15) is 17.8 Å². The fourth-order valence-corrected chi connectivity index (χ4v) is 3.88. The molecule has 0 spiro atoms. The van der Waals surface area contributed by atoms with Gasteiger partial charge >= 0.3 is 0 Å². The highest BCUT2D eigenvalue weighted by Gasteiger charge is 2.24. The number of primary amides is 1. The Kier molecular flexibility index (Phi) is 5.66. The van der Waals surface area contributed by atoms with Crippen LogP contribution in [0.4, 0.5) is 0 Å². The van der Waals surface area contributed by atoms with Crippen molar-refractivity contribution in [1.82, 2.24) is 9.88 Å². The number of aliphatic hydroxyl groups is 1. The van der Waals surface area contributed by atoms with Crippen molar-refractivity contribution in [3.05, 3.63) is 46.5 Å². The summed E-state index contributed by atoms with van der Waals surface area (Å²) in [5, 5.41) is 22.3. The molecule has 1 fully saturated rings. The minimum absolute atomic E-state index is 0.0130. The highest BCUT2D eigenvalue weighted by Crippen LogP contribution is 2.27. The van der Waals surface area contributed by atoms with E-state index in [2.05, 4.69) is 11.1 Å². The van der Waals surface area contributed by atoms with Crippen LogP contribution in [0.3, 0.4) is 0 Å². The highest BCUT2D eigenvalue weighted by molar-refractivity contribution is 7.11. The third-order valence-electron chi connectivity index (χ3n) is 4.55. The fourth-order valence-electron chi connectivity index (χ4n) is 3.03. The summed E-state index contributed by atoms with van der Waals surface area (Å²) in [7, 11) is 0. The number of nitriles is 1. The van der Waals surface area contributed by atoms with Crippen LogP contribution in [0.2, 0.25) is 0 Å². The second-order valence-electron chi connectivity index (χ2n) is 6.29. The van der Waals surface area contributed by atoms with Gasteiger partial charge in [-0.1, -0.05) is 30.3 Å². The maximum Gasteiger partial charge on any atom is 0.220 e. The number of aliphatic hydroxyl groups excluding tert-OH is 1. The molecule has 1 aromatic heterocycles. The molecule has 0 atom stereocenters. The molecule has 3 rings (SSSR count). The zero-order chi connectivity index (χ0) is 18.5. The number of likely N-dealkylation sites (tertiary alicyclic amines) is 1. The number of benzene rings is 1. The Bertz CT molecular complexity index is 846. The van der Waals surface area contributed by atoms with Gasteiger partial charge in [-0.15, -0.1) is 11.3 Å². The van der Waals surface area contributed by atoms with E-state index in [1.165, 1.54) is 11.3 Å². The van der Waals surface area contributed by atoms with Crippen LogP contribution in [-0.2, 0) is 4.79 Å². The summed E-state index contributed by atoms with van der Waals surface area (Å²) in [4.78, 5) is 17.8. The van der Waals surface area contributed by atoms with Gasteiger partial charge in [-0.2, -0.15) is 5.26 Å². The Hall–Kier alpha value is -2.69. The molecule has 0 radical (unpaired) electrons. The number of hydrogen-bond donors (Lipinski definition) is 2. The lowest BCUT2D eigenvalue weighted by Gasteiger charge is -2.30. The van der Waals surface area contributed by atoms with Gasteiger partial charge in [-0.3, -0.25) is 9.69 Å². The third kappa shape index (κ3) is 4.10. The van der Waals surface area contributed by atoms with Gasteiger partial charge < -0.3 is 10.8 Å². The number of thiazole rings is 1. The first kappa shape index (κ1) is 18.1. The van der Waals surface area contributed by atoms with E-state index in [1.807, 2.05) is 40.6 Å². The normalized spacial score (nSPS) is 16.7. The molecule has 0 aliphatic carbocycles. The summed E-state index contributed by atoms with van der Waals surface area (Å²) in [5.41, 5.74) is 7.30. The molecular weight excluding hydrogens is 348 g/mol. The molecule has 3 N–H and O–H groups in total. The summed E-state index contributed by atoms with van der Waals surface area (Å²) in [6.45, 7) is 1.61. The van der Waals surface area contributed by atoms with Crippen molar-refractivity contribution in [2.75, 3.05) is 19.6 Å². The number of piperidine rings is 1. The summed E-state index contributed by atoms with van der Waals surface area (Å²) in [5.74, 6) is -0.349.